The van der Waals surface area contributed by atoms with Crippen molar-refractivity contribution in [2.24, 2.45) is 7.05 Å². The second-order valence-corrected chi connectivity index (χ2v) is 7.46. The number of unbranched alkanes of at least 4 members (excludes halogenated alkanes) is 3. The molecule has 0 spiro atoms. The van der Waals surface area contributed by atoms with Crippen molar-refractivity contribution in [3.63, 3.8) is 0 Å². The van der Waals surface area contributed by atoms with Gasteiger partial charge in [0.25, 0.3) is 5.56 Å². The molecule has 0 bridgehead atoms. The molecule has 0 atom stereocenters. The molecule has 0 radical (unpaired) electrons. The van der Waals surface area contributed by atoms with Crippen LogP contribution in [0.3, 0.4) is 0 Å². The van der Waals surface area contributed by atoms with Crippen molar-refractivity contribution >= 4 is 16.7 Å². The second kappa shape index (κ2) is 8.90. The molecule has 1 N–H and O–H groups in total. The number of aromatic nitrogens is 4. The van der Waals surface area contributed by atoms with Crippen molar-refractivity contribution in [1.82, 2.24) is 19.7 Å². The molecule has 7 nitrogen and oxygen atoms in total. The summed E-state index contributed by atoms with van der Waals surface area (Å²) < 4.78 is 6.35. The van der Waals surface area contributed by atoms with Crippen molar-refractivity contribution in [2.75, 3.05) is 0 Å². The monoisotopic (exact) mass is 404 g/mol. The average Bonchev–Trinajstić information content (AvgIpc) is 3.45. The summed E-state index contributed by atoms with van der Waals surface area (Å²) in [6.07, 6.45) is 8.65. The summed E-state index contributed by atoms with van der Waals surface area (Å²) in [5, 5.41) is 4.68. The maximum atomic E-state index is 11.9. The number of Topliss-reactive ketones (excluding diaryl/α,β-unsaturated/α-hetero) is 1. The first-order valence-electron chi connectivity index (χ1n) is 10.2. The standard InChI is InChI=1S/C23H24N4O3/c1-27-20-10-8-16(14-17(20)9-11-23(27)29)19-15-24-22(25-19)7-5-3-2-4-6-21(28)18-12-13-30-26-18/h8-15H,2-7H2,1H3,(H,24,25). The number of hydrogen-bond donors (Lipinski definition) is 1. The number of fused-ring (bicyclic) bond motifs is 1. The normalized spacial score (nSPS) is 11.2. The van der Waals surface area contributed by atoms with Crippen LogP contribution in [0.5, 0.6) is 0 Å². The number of nitrogens with zero attached hydrogens (tertiary/aromatic N) is 3. The van der Waals surface area contributed by atoms with E-state index in [1.54, 1.807) is 23.7 Å². The minimum Gasteiger partial charge on any atom is -0.364 e. The van der Waals surface area contributed by atoms with Crippen molar-refractivity contribution in [1.29, 1.82) is 0 Å². The van der Waals surface area contributed by atoms with Crippen LogP contribution in [0.15, 0.2) is 58.2 Å². The predicted octanol–water partition coefficient (Wildman–Crippen LogP) is 4.29. The topological polar surface area (TPSA) is 93.8 Å². The van der Waals surface area contributed by atoms with E-state index in [9.17, 15) is 9.59 Å². The first-order valence-corrected chi connectivity index (χ1v) is 10.2. The fourth-order valence-electron chi connectivity index (χ4n) is 3.60. The SMILES string of the molecule is Cn1c(=O)ccc2cc(-c3c[nH]c(CCCCCCC(=O)c4ccon4)n3)ccc21. The van der Waals surface area contributed by atoms with E-state index in [1.807, 2.05) is 24.4 Å². The zero-order chi connectivity index (χ0) is 20.9. The van der Waals surface area contributed by atoms with Gasteiger partial charge in [-0.05, 0) is 36.4 Å². The number of imidazole rings is 1. The van der Waals surface area contributed by atoms with Crippen molar-refractivity contribution < 1.29 is 9.32 Å². The van der Waals surface area contributed by atoms with E-state index in [0.29, 0.717) is 12.1 Å². The van der Waals surface area contributed by atoms with Gasteiger partial charge >= 0.3 is 0 Å². The number of benzene rings is 1. The number of rotatable bonds is 9. The zero-order valence-corrected chi connectivity index (χ0v) is 16.9. The Kier molecular flexibility index (Phi) is 5.88. The molecule has 0 aliphatic rings. The van der Waals surface area contributed by atoms with Crippen molar-refractivity contribution in [3.8, 4) is 11.3 Å². The van der Waals surface area contributed by atoms with Crippen LogP contribution >= 0.6 is 0 Å². The summed E-state index contributed by atoms with van der Waals surface area (Å²) >= 11 is 0. The fraction of sp³-hybridized carbons (Fsp3) is 0.304. The van der Waals surface area contributed by atoms with E-state index >= 15 is 0 Å². The van der Waals surface area contributed by atoms with Crippen LogP contribution in [0.4, 0.5) is 0 Å². The molecule has 3 aromatic heterocycles. The summed E-state index contributed by atoms with van der Waals surface area (Å²) in [5.41, 5.74) is 3.23. The molecular formula is C23H24N4O3. The third-order valence-corrected chi connectivity index (χ3v) is 5.34. The van der Waals surface area contributed by atoms with Gasteiger partial charge in [-0.15, -0.1) is 0 Å². The molecule has 0 unspecified atom stereocenters. The molecule has 0 aliphatic heterocycles. The highest BCUT2D eigenvalue weighted by atomic mass is 16.5. The van der Waals surface area contributed by atoms with E-state index in [2.05, 4.69) is 16.2 Å². The molecule has 7 heteroatoms. The number of ketones is 1. The lowest BCUT2D eigenvalue weighted by Crippen LogP contribution is -2.14. The van der Waals surface area contributed by atoms with Gasteiger partial charge in [0.1, 0.15) is 17.8 Å². The Hall–Kier alpha value is -3.48. The zero-order valence-electron chi connectivity index (χ0n) is 16.9. The minimum absolute atomic E-state index is 0.0141. The summed E-state index contributed by atoms with van der Waals surface area (Å²) in [4.78, 5) is 31.6. The molecule has 3 heterocycles. The third-order valence-electron chi connectivity index (χ3n) is 5.34. The van der Waals surface area contributed by atoms with Gasteiger partial charge < -0.3 is 14.1 Å². The molecule has 4 rings (SSSR count). The summed E-state index contributed by atoms with van der Waals surface area (Å²) in [6.45, 7) is 0. The van der Waals surface area contributed by atoms with E-state index in [1.165, 1.54) is 6.26 Å². The number of carbonyl (C=O) groups is 1. The third kappa shape index (κ3) is 4.40. The highest BCUT2D eigenvalue weighted by molar-refractivity contribution is 5.93. The smallest absolute Gasteiger partial charge is 0.250 e. The van der Waals surface area contributed by atoms with Gasteiger partial charge in [0.2, 0.25) is 0 Å². The van der Waals surface area contributed by atoms with Crippen LogP contribution in [0, 0.1) is 0 Å². The van der Waals surface area contributed by atoms with Crippen LogP contribution in [0.1, 0.15) is 48.4 Å². The largest absolute Gasteiger partial charge is 0.364 e. The maximum Gasteiger partial charge on any atom is 0.250 e. The lowest BCUT2D eigenvalue weighted by Gasteiger charge is -2.05. The molecule has 0 saturated carbocycles. The number of aryl methyl sites for hydroxylation is 2. The van der Waals surface area contributed by atoms with Gasteiger partial charge in [0, 0.05) is 43.8 Å². The summed E-state index contributed by atoms with van der Waals surface area (Å²) in [5.74, 6) is 0.999. The number of aromatic amines is 1. The van der Waals surface area contributed by atoms with Gasteiger partial charge in [-0.1, -0.05) is 24.1 Å². The lowest BCUT2D eigenvalue weighted by atomic mass is 10.1. The van der Waals surface area contributed by atoms with Crippen LogP contribution in [-0.2, 0) is 13.5 Å². The van der Waals surface area contributed by atoms with E-state index in [0.717, 1.165) is 60.1 Å². The van der Waals surface area contributed by atoms with Crippen LogP contribution in [-0.4, -0.2) is 25.5 Å². The van der Waals surface area contributed by atoms with Gasteiger partial charge in [-0.25, -0.2) is 4.98 Å². The molecule has 30 heavy (non-hydrogen) atoms. The Bertz CT molecular complexity index is 1200. The molecule has 0 aliphatic carbocycles. The van der Waals surface area contributed by atoms with Gasteiger partial charge in [0.15, 0.2) is 5.78 Å². The quantitative estimate of drug-likeness (QED) is 0.332. The Balaban J connectivity index is 1.27. The number of nitrogens with one attached hydrogen (secondary N) is 1. The minimum atomic E-state index is -0.0141. The molecular weight excluding hydrogens is 380 g/mol. The Morgan fingerprint density at radius 2 is 1.97 bits per heavy atom. The molecule has 154 valence electrons. The van der Waals surface area contributed by atoms with Gasteiger partial charge in [-0.2, -0.15) is 0 Å². The molecule has 4 aromatic rings. The molecule has 0 fully saturated rings. The Labute approximate surface area is 173 Å². The highest BCUT2D eigenvalue weighted by Gasteiger charge is 2.09. The van der Waals surface area contributed by atoms with Crippen LogP contribution in [0.2, 0.25) is 0 Å². The summed E-state index contributed by atoms with van der Waals surface area (Å²) in [6, 6.07) is 11.0. The number of hydrogen-bond acceptors (Lipinski definition) is 5. The first-order chi connectivity index (χ1) is 14.6. The maximum absolute atomic E-state index is 11.9. The number of H-pyrrole nitrogens is 1. The molecule has 0 saturated heterocycles. The molecule has 1 aromatic carbocycles. The number of carbonyl (C=O) groups excluding carboxylic acids is 1. The van der Waals surface area contributed by atoms with Crippen molar-refractivity contribution in [3.05, 3.63) is 70.7 Å². The van der Waals surface area contributed by atoms with E-state index in [4.69, 9.17) is 9.51 Å². The van der Waals surface area contributed by atoms with Gasteiger partial charge in [-0.3, -0.25) is 9.59 Å². The summed E-state index contributed by atoms with van der Waals surface area (Å²) in [7, 11) is 1.78. The van der Waals surface area contributed by atoms with E-state index in [-0.39, 0.29) is 11.3 Å². The molecule has 0 amide bonds. The second-order valence-electron chi connectivity index (χ2n) is 7.46. The van der Waals surface area contributed by atoms with Gasteiger partial charge in [0.05, 0.1) is 11.2 Å². The average molecular weight is 404 g/mol. The van der Waals surface area contributed by atoms with Crippen LogP contribution < -0.4 is 5.56 Å². The van der Waals surface area contributed by atoms with Crippen LogP contribution in [0.25, 0.3) is 22.2 Å². The predicted molar refractivity (Wildman–Crippen MR) is 114 cm³/mol. The highest BCUT2D eigenvalue weighted by Crippen LogP contribution is 2.22. The fourth-order valence-corrected chi connectivity index (χ4v) is 3.60. The lowest BCUT2D eigenvalue weighted by molar-refractivity contribution is 0.0970. The van der Waals surface area contributed by atoms with E-state index < -0.39 is 0 Å². The van der Waals surface area contributed by atoms with Crippen molar-refractivity contribution in [2.45, 2.75) is 38.5 Å². The Morgan fingerprint density at radius 3 is 2.80 bits per heavy atom. The Morgan fingerprint density at radius 1 is 1.10 bits per heavy atom. The first kappa shape index (κ1) is 19.8. The number of pyridine rings is 1.